The molecule has 1 heterocycles. The standard InChI is InChI=1S/C20H18ClN3O3/c1-26-16-9-7-14(19(11-16)27-2)8-10-20(25)23-15-12-22-24(13-15)18-6-4-3-5-17(18)21/h3-13H,1-2H3,(H,23,25). The van der Waals surface area contributed by atoms with Crippen molar-refractivity contribution in [2.45, 2.75) is 0 Å². The molecule has 0 atom stereocenters. The van der Waals surface area contributed by atoms with Gasteiger partial charge in [0.1, 0.15) is 11.5 Å². The quantitative estimate of drug-likeness (QED) is 0.648. The summed E-state index contributed by atoms with van der Waals surface area (Å²) >= 11 is 6.16. The van der Waals surface area contributed by atoms with Gasteiger partial charge in [0.2, 0.25) is 5.91 Å². The number of aromatic nitrogens is 2. The molecule has 3 aromatic rings. The van der Waals surface area contributed by atoms with Crippen LogP contribution in [-0.2, 0) is 4.79 Å². The molecule has 0 bridgehead atoms. The predicted octanol–water partition coefficient (Wildman–Crippen LogP) is 4.19. The Bertz CT molecular complexity index is 982. The van der Waals surface area contributed by atoms with Gasteiger partial charge in [-0.3, -0.25) is 4.79 Å². The van der Waals surface area contributed by atoms with Gasteiger partial charge in [-0.05, 0) is 30.3 Å². The molecule has 0 saturated heterocycles. The lowest BCUT2D eigenvalue weighted by Gasteiger charge is -2.07. The Kier molecular flexibility index (Phi) is 5.78. The van der Waals surface area contributed by atoms with Crippen LogP contribution in [0.4, 0.5) is 5.69 Å². The third-order valence-electron chi connectivity index (χ3n) is 3.80. The van der Waals surface area contributed by atoms with E-state index in [2.05, 4.69) is 10.4 Å². The fraction of sp³-hybridized carbons (Fsp3) is 0.100. The summed E-state index contributed by atoms with van der Waals surface area (Å²) in [5, 5.41) is 7.56. The van der Waals surface area contributed by atoms with E-state index in [1.807, 2.05) is 24.3 Å². The summed E-state index contributed by atoms with van der Waals surface area (Å²) in [4.78, 5) is 12.2. The van der Waals surface area contributed by atoms with E-state index in [9.17, 15) is 4.79 Å². The van der Waals surface area contributed by atoms with Gasteiger partial charge in [0, 0.05) is 17.7 Å². The van der Waals surface area contributed by atoms with Gasteiger partial charge in [-0.2, -0.15) is 5.10 Å². The molecule has 2 aromatic carbocycles. The van der Waals surface area contributed by atoms with Crippen LogP contribution < -0.4 is 14.8 Å². The third kappa shape index (κ3) is 4.48. The summed E-state index contributed by atoms with van der Waals surface area (Å²) in [6.45, 7) is 0. The minimum Gasteiger partial charge on any atom is -0.497 e. The van der Waals surface area contributed by atoms with Crippen molar-refractivity contribution in [1.82, 2.24) is 9.78 Å². The Balaban J connectivity index is 1.70. The van der Waals surface area contributed by atoms with Crippen molar-refractivity contribution in [2.24, 2.45) is 0 Å². The van der Waals surface area contributed by atoms with Crippen LogP contribution in [0.25, 0.3) is 11.8 Å². The van der Waals surface area contributed by atoms with E-state index < -0.39 is 0 Å². The van der Waals surface area contributed by atoms with Crippen molar-refractivity contribution in [2.75, 3.05) is 19.5 Å². The van der Waals surface area contributed by atoms with Gasteiger partial charge in [0.15, 0.2) is 0 Å². The number of carbonyl (C=O) groups excluding carboxylic acids is 1. The molecule has 27 heavy (non-hydrogen) atoms. The molecule has 0 aliphatic rings. The van der Waals surface area contributed by atoms with Gasteiger partial charge in [-0.25, -0.2) is 4.68 Å². The molecule has 0 unspecified atom stereocenters. The molecule has 1 N–H and O–H groups in total. The molecule has 0 radical (unpaired) electrons. The average molecular weight is 384 g/mol. The van der Waals surface area contributed by atoms with Crippen LogP contribution in [0.2, 0.25) is 5.02 Å². The van der Waals surface area contributed by atoms with Crippen molar-refractivity contribution >= 4 is 29.3 Å². The largest absolute Gasteiger partial charge is 0.497 e. The fourth-order valence-corrected chi connectivity index (χ4v) is 2.68. The summed E-state index contributed by atoms with van der Waals surface area (Å²) in [7, 11) is 3.15. The number of carbonyl (C=O) groups is 1. The van der Waals surface area contributed by atoms with Crippen LogP contribution >= 0.6 is 11.6 Å². The van der Waals surface area contributed by atoms with Crippen molar-refractivity contribution < 1.29 is 14.3 Å². The molecule has 0 saturated carbocycles. The van der Waals surface area contributed by atoms with E-state index in [4.69, 9.17) is 21.1 Å². The lowest BCUT2D eigenvalue weighted by atomic mass is 10.1. The van der Waals surface area contributed by atoms with Crippen molar-refractivity contribution in [1.29, 1.82) is 0 Å². The van der Waals surface area contributed by atoms with Crippen LogP contribution in [-0.4, -0.2) is 29.9 Å². The molecule has 0 spiro atoms. The maximum atomic E-state index is 12.2. The highest BCUT2D eigenvalue weighted by molar-refractivity contribution is 6.32. The highest BCUT2D eigenvalue weighted by atomic mass is 35.5. The smallest absolute Gasteiger partial charge is 0.248 e. The number of rotatable bonds is 6. The molecule has 1 amide bonds. The zero-order valence-corrected chi connectivity index (χ0v) is 15.6. The molecule has 138 valence electrons. The number of amides is 1. The second kappa shape index (κ2) is 8.42. The summed E-state index contributed by atoms with van der Waals surface area (Å²) in [6, 6.07) is 12.7. The summed E-state index contributed by atoms with van der Waals surface area (Å²) in [6.07, 6.45) is 6.35. The maximum Gasteiger partial charge on any atom is 0.248 e. The van der Waals surface area contributed by atoms with Gasteiger partial charge in [0.25, 0.3) is 0 Å². The van der Waals surface area contributed by atoms with Crippen molar-refractivity contribution in [3.8, 4) is 17.2 Å². The van der Waals surface area contributed by atoms with Crippen molar-refractivity contribution in [3.05, 3.63) is 71.5 Å². The molecule has 0 aliphatic heterocycles. The van der Waals surface area contributed by atoms with E-state index in [0.29, 0.717) is 22.2 Å². The number of benzene rings is 2. The van der Waals surface area contributed by atoms with Crippen LogP contribution in [0, 0.1) is 0 Å². The minimum absolute atomic E-state index is 0.286. The van der Waals surface area contributed by atoms with Gasteiger partial charge >= 0.3 is 0 Å². The number of nitrogens with one attached hydrogen (secondary N) is 1. The summed E-state index contributed by atoms with van der Waals surface area (Å²) in [5.41, 5.74) is 2.06. The van der Waals surface area contributed by atoms with E-state index in [1.54, 1.807) is 55.6 Å². The highest BCUT2D eigenvalue weighted by Crippen LogP contribution is 2.25. The second-order valence-corrected chi connectivity index (χ2v) is 5.96. The molecule has 0 aliphatic carbocycles. The predicted molar refractivity (Wildman–Crippen MR) is 106 cm³/mol. The first-order valence-corrected chi connectivity index (χ1v) is 8.49. The van der Waals surface area contributed by atoms with Crippen LogP contribution in [0.15, 0.2) is 60.9 Å². The van der Waals surface area contributed by atoms with Gasteiger partial charge in [-0.15, -0.1) is 0 Å². The second-order valence-electron chi connectivity index (χ2n) is 5.56. The Labute approximate surface area is 162 Å². The molecule has 6 nitrogen and oxygen atoms in total. The Morgan fingerprint density at radius 3 is 2.74 bits per heavy atom. The highest BCUT2D eigenvalue weighted by Gasteiger charge is 2.07. The van der Waals surface area contributed by atoms with E-state index in [1.165, 1.54) is 6.08 Å². The molecule has 1 aromatic heterocycles. The number of hydrogen-bond acceptors (Lipinski definition) is 4. The van der Waals surface area contributed by atoms with Crippen molar-refractivity contribution in [3.63, 3.8) is 0 Å². The van der Waals surface area contributed by atoms with Gasteiger partial charge in [-0.1, -0.05) is 23.7 Å². The number of methoxy groups -OCH3 is 2. The number of hydrogen-bond donors (Lipinski definition) is 1. The Hall–Kier alpha value is -3.25. The lowest BCUT2D eigenvalue weighted by molar-refractivity contribution is -0.111. The summed E-state index contributed by atoms with van der Waals surface area (Å²) in [5.74, 6) is 1.01. The fourth-order valence-electron chi connectivity index (χ4n) is 2.46. The first kappa shape index (κ1) is 18.5. The monoisotopic (exact) mass is 383 g/mol. The number of anilines is 1. The number of para-hydroxylation sites is 1. The average Bonchev–Trinajstić information content (AvgIpc) is 3.14. The number of nitrogens with zero attached hydrogens (tertiary/aromatic N) is 2. The molecule has 0 fully saturated rings. The topological polar surface area (TPSA) is 65.4 Å². The molecule has 3 rings (SSSR count). The third-order valence-corrected chi connectivity index (χ3v) is 4.12. The van der Waals surface area contributed by atoms with E-state index >= 15 is 0 Å². The normalized spacial score (nSPS) is 10.8. The molecule has 7 heteroatoms. The van der Waals surface area contributed by atoms with E-state index in [0.717, 1.165) is 11.3 Å². The maximum absolute atomic E-state index is 12.2. The van der Waals surface area contributed by atoms with Crippen LogP contribution in [0.1, 0.15) is 5.56 Å². The molecular formula is C20H18ClN3O3. The van der Waals surface area contributed by atoms with E-state index in [-0.39, 0.29) is 5.91 Å². The first-order valence-electron chi connectivity index (χ1n) is 8.11. The number of ether oxygens (including phenoxy) is 2. The molecular weight excluding hydrogens is 366 g/mol. The minimum atomic E-state index is -0.286. The Morgan fingerprint density at radius 1 is 1.19 bits per heavy atom. The lowest BCUT2D eigenvalue weighted by Crippen LogP contribution is -2.07. The van der Waals surface area contributed by atoms with Gasteiger partial charge < -0.3 is 14.8 Å². The Morgan fingerprint density at radius 2 is 2.00 bits per heavy atom. The zero-order valence-electron chi connectivity index (χ0n) is 14.8. The zero-order chi connectivity index (χ0) is 19.2. The van der Waals surface area contributed by atoms with Crippen LogP contribution in [0.5, 0.6) is 11.5 Å². The van der Waals surface area contributed by atoms with Crippen LogP contribution in [0.3, 0.4) is 0 Å². The van der Waals surface area contributed by atoms with Gasteiger partial charge in [0.05, 0.1) is 43.0 Å². The SMILES string of the molecule is COc1ccc(C=CC(=O)Nc2cnn(-c3ccccc3Cl)c2)c(OC)c1. The first-order chi connectivity index (χ1) is 13.1. The summed E-state index contributed by atoms with van der Waals surface area (Å²) < 4.78 is 12.1. The number of halogens is 1.